The van der Waals surface area contributed by atoms with Gasteiger partial charge < -0.3 is 10.1 Å². The van der Waals surface area contributed by atoms with E-state index in [0.29, 0.717) is 6.54 Å². The Morgan fingerprint density at radius 1 is 1.38 bits per heavy atom. The van der Waals surface area contributed by atoms with Crippen LogP contribution in [0.25, 0.3) is 0 Å². The first kappa shape index (κ1) is 16.4. The van der Waals surface area contributed by atoms with Crippen molar-refractivity contribution in [3.8, 4) is 0 Å². The zero-order valence-corrected chi connectivity index (χ0v) is 13.2. The minimum atomic E-state index is -0.103. The first-order valence-electron chi connectivity index (χ1n) is 8.05. The van der Waals surface area contributed by atoms with E-state index in [1.54, 1.807) is 6.07 Å². The van der Waals surface area contributed by atoms with Gasteiger partial charge in [-0.15, -0.1) is 0 Å². The lowest BCUT2D eigenvalue weighted by Crippen LogP contribution is -2.41. The van der Waals surface area contributed by atoms with Crippen LogP contribution < -0.4 is 5.32 Å². The summed E-state index contributed by atoms with van der Waals surface area (Å²) in [5.74, 6) is -0.103. The topological polar surface area (TPSA) is 24.5 Å². The highest BCUT2D eigenvalue weighted by molar-refractivity contribution is 5.25. The monoisotopic (exact) mass is 294 g/mol. The van der Waals surface area contributed by atoms with Crippen molar-refractivity contribution in [2.45, 2.75) is 45.9 Å². The molecule has 1 heterocycles. The normalized spacial score (nSPS) is 19.9. The van der Waals surface area contributed by atoms with Crippen LogP contribution in [0.3, 0.4) is 0 Å². The number of ether oxygens (including phenoxy) is 1. The number of benzene rings is 1. The van der Waals surface area contributed by atoms with E-state index in [-0.39, 0.29) is 11.9 Å². The standard InChI is InChI=1S/C17H27FN2O/c1-3-7-19-11-14-5-6-17(18)15(10-14)12-20-8-9-21-16(4-2)13-20/h5-6,10,16,19H,3-4,7-9,11-13H2,1-2H3. The Morgan fingerprint density at radius 3 is 3.00 bits per heavy atom. The van der Waals surface area contributed by atoms with Crippen LogP contribution in [-0.2, 0) is 17.8 Å². The summed E-state index contributed by atoms with van der Waals surface area (Å²) < 4.78 is 19.7. The van der Waals surface area contributed by atoms with E-state index in [9.17, 15) is 4.39 Å². The number of hydrogen-bond acceptors (Lipinski definition) is 3. The molecule has 1 fully saturated rings. The number of hydrogen-bond donors (Lipinski definition) is 1. The Labute approximate surface area is 127 Å². The van der Waals surface area contributed by atoms with Gasteiger partial charge in [0.25, 0.3) is 0 Å². The number of morpholine rings is 1. The summed E-state index contributed by atoms with van der Waals surface area (Å²) in [6.07, 6.45) is 2.41. The van der Waals surface area contributed by atoms with E-state index in [1.807, 2.05) is 12.1 Å². The zero-order chi connectivity index (χ0) is 15.1. The molecule has 0 radical (unpaired) electrons. The first-order chi connectivity index (χ1) is 10.2. The third kappa shape index (κ3) is 5.06. The molecule has 0 spiro atoms. The summed E-state index contributed by atoms with van der Waals surface area (Å²) in [7, 11) is 0. The smallest absolute Gasteiger partial charge is 0.127 e. The van der Waals surface area contributed by atoms with Crippen LogP contribution in [-0.4, -0.2) is 37.2 Å². The molecule has 1 atom stereocenters. The number of nitrogens with zero attached hydrogens (tertiary/aromatic N) is 1. The van der Waals surface area contributed by atoms with Crippen molar-refractivity contribution in [2.24, 2.45) is 0 Å². The lowest BCUT2D eigenvalue weighted by Gasteiger charge is -2.32. The van der Waals surface area contributed by atoms with Gasteiger partial charge in [-0.25, -0.2) is 4.39 Å². The summed E-state index contributed by atoms with van der Waals surface area (Å²) >= 11 is 0. The predicted octanol–water partition coefficient (Wildman–Crippen LogP) is 2.94. The third-order valence-electron chi connectivity index (χ3n) is 3.94. The molecule has 0 bridgehead atoms. The lowest BCUT2D eigenvalue weighted by molar-refractivity contribution is -0.0327. The number of halogens is 1. The van der Waals surface area contributed by atoms with Crippen LogP contribution >= 0.6 is 0 Å². The Balaban J connectivity index is 1.96. The molecule has 0 aliphatic carbocycles. The van der Waals surface area contributed by atoms with Crippen LogP contribution in [0.4, 0.5) is 4.39 Å². The van der Waals surface area contributed by atoms with Gasteiger partial charge in [0.2, 0.25) is 0 Å². The van der Waals surface area contributed by atoms with Crippen molar-refractivity contribution in [1.29, 1.82) is 0 Å². The summed E-state index contributed by atoms with van der Waals surface area (Å²) in [6, 6.07) is 5.46. The van der Waals surface area contributed by atoms with Gasteiger partial charge in [0, 0.05) is 31.7 Å². The second-order valence-electron chi connectivity index (χ2n) is 5.74. The molecule has 118 valence electrons. The van der Waals surface area contributed by atoms with E-state index in [2.05, 4.69) is 24.1 Å². The molecule has 0 aromatic heterocycles. The Kier molecular flexibility index (Phi) is 6.61. The molecule has 1 unspecified atom stereocenters. The van der Waals surface area contributed by atoms with Gasteiger partial charge in [-0.2, -0.15) is 0 Å². The van der Waals surface area contributed by atoms with Gasteiger partial charge in [0.1, 0.15) is 5.82 Å². The molecule has 1 aliphatic heterocycles. The molecular weight excluding hydrogens is 267 g/mol. The van der Waals surface area contributed by atoms with Gasteiger partial charge >= 0.3 is 0 Å². The largest absolute Gasteiger partial charge is 0.376 e. The molecule has 0 saturated carbocycles. The number of rotatable bonds is 7. The van der Waals surface area contributed by atoms with E-state index < -0.39 is 0 Å². The quantitative estimate of drug-likeness (QED) is 0.783. The van der Waals surface area contributed by atoms with E-state index >= 15 is 0 Å². The molecular formula is C17H27FN2O. The fraction of sp³-hybridized carbons (Fsp3) is 0.647. The van der Waals surface area contributed by atoms with Crippen LogP contribution in [0.15, 0.2) is 18.2 Å². The first-order valence-corrected chi connectivity index (χ1v) is 8.05. The van der Waals surface area contributed by atoms with Gasteiger partial charge in [0.15, 0.2) is 0 Å². The van der Waals surface area contributed by atoms with Crippen molar-refractivity contribution in [3.63, 3.8) is 0 Å². The Morgan fingerprint density at radius 2 is 2.24 bits per heavy atom. The highest BCUT2D eigenvalue weighted by Crippen LogP contribution is 2.16. The van der Waals surface area contributed by atoms with Crippen molar-refractivity contribution < 1.29 is 9.13 Å². The highest BCUT2D eigenvalue weighted by Gasteiger charge is 2.19. The minimum Gasteiger partial charge on any atom is -0.376 e. The second-order valence-corrected chi connectivity index (χ2v) is 5.74. The maximum Gasteiger partial charge on any atom is 0.127 e. The summed E-state index contributed by atoms with van der Waals surface area (Å²) in [5, 5.41) is 3.36. The molecule has 21 heavy (non-hydrogen) atoms. The number of nitrogens with one attached hydrogen (secondary N) is 1. The van der Waals surface area contributed by atoms with Gasteiger partial charge in [0.05, 0.1) is 12.7 Å². The summed E-state index contributed by atoms with van der Waals surface area (Å²) in [4.78, 5) is 2.29. The van der Waals surface area contributed by atoms with Crippen LogP contribution in [0, 0.1) is 5.82 Å². The maximum absolute atomic E-state index is 14.0. The van der Waals surface area contributed by atoms with Crippen LogP contribution in [0.1, 0.15) is 37.8 Å². The predicted molar refractivity (Wildman–Crippen MR) is 83.7 cm³/mol. The van der Waals surface area contributed by atoms with Crippen molar-refractivity contribution in [3.05, 3.63) is 35.1 Å². The molecule has 1 saturated heterocycles. The van der Waals surface area contributed by atoms with E-state index in [0.717, 1.165) is 56.8 Å². The Hall–Kier alpha value is -0.970. The molecule has 3 nitrogen and oxygen atoms in total. The average Bonchev–Trinajstić information content (AvgIpc) is 2.51. The highest BCUT2D eigenvalue weighted by atomic mass is 19.1. The fourth-order valence-electron chi connectivity index (χ4n) is 2.68. The average molecular weight is 294 g/mol. The van der Waals surface area contributed by atoms with Gasteiger partial charge in [-0.05, 0) is 31.0 Å². The van der Waals surface area contributed by atoms with Gasteiger partial charge in [-0.1, -0.05) is 26.0 Å². The van der Waals surface area contributed by atoms with E-state index in [1.165, 1.54) is 0 Å². The Bertz CT molecular complexity index is 439. The SMILES string of the molecule is CCCNCc1ccc(F)c(CN2CCOC(CC)C2)c1. The minimum absolute atomic E-state index is 0.103. The maximum atomic E-state index is 14.0. The molecule has 0 amide bonds. The molecule has 4 heteroatoms. The molecule has 1 aliphatic rings. The van der Waals surface area contributed by atoms with Crippen molar-refractivity contribution in [1.82, 2.24) is 10.2 Å². The fourth-order valence-corrected chi connectivity index (χ4v) is 2.68. The lowest BCUT2D eigenvalue weighted by atomic mass is 10.1. The summed E-state index contributed by atoms with van der Waals surface area (Å²) in [6.45, 7) is 9.28. The zero-order valence-electron chi connectivity index (χ0n) is 13.2. The summed E-state index contributed by atoms with van der Waals surface area (Å²) in [5.41, 5.74) is 1.95. The van der Waals surface area contributed by atoms with Crippen molar-refractivity contribution >= 4 is 0 Å². The van der Waals surface area contributed by atoms with Gasteiger partial charge in [-0.3, -0.25) is 4.90 Å². The molecule has 2 rings (SSSR count). The van der Waals surface area contributed by atoms with E-state index in [4.69, 9.17) is 4.74 Å². The van der Waals surface area contributed by atoms with Crippen LogP contribution in [0.2, 0.25) is 0 Å². The second kappa shape index (κ2) is 8.47. The third-order valence-corrected chi connectivity index (χ3v) is 3.94. The molecule has 1 aromatic carbocycles. The molecule has 1 N–H and O–H groups in total. The van der Waals surface area contributed by atoms with Crippen molar-refractivity contribution in [2.75, 3.05) is 26.2 Å². The van der Waals surface area contributed by atoms with Crippen LogP contribution in [0.5, 0.6) is 0 Å². The molecule has 1 aromatic rings.